The molecule has 1 aromatic rings. The molecule has 1 N–H and O–H groups in total. The Bertz CT molecular complexity index is 709. The first-order valence-corrected chi connectivity index (χ1v) is 9.60. The quantitative estimate of drug-likeness (QED) is 0.749. The molecule has 10 heteroatoms. The molecule has 0 spiro atoms. The largest absolute Gasteiger partial charge is 0.379 e. The van der Waals surface area contributed by atoms with Crippen molar-refractivity contribution in [3.8, 4) is 0 Å². The van der Waals surface area contributed by atoms with Crippen molar-refractivity contribution in [2.75, 3.05) is 57.5 Å². The molecule has 0 atom stereocenters. The van der Waals surface area contributed by atoms with Gasteiger partial charge in [0.05, 0.1) is 26.0 Å². The molecule has 1 amide bonds. The van der Waals surface area contributed by atoms with Gasteiger partial charge >= 0.3 is 0 Å². The Kier molecular flexibility index (Phi) is 6.82. The van der Waals surface area contributed by atoms with Gasteiger partial charge in [-0.3, -0.25) is 9.69 Å². The van der Waals surface area contributed by atoms with Crippen molar-refractivity contribution >= 4 is 21.6 Å². The minimum absolute atomic E-state index is 0.0607. The zero-order valence-corrected chi connectivity index (χ0v) is 14.7. The highest BCUT2D eigenvalue weighted by atomic mass is 32.2. The highest BCUT2D eigenvalue weighted by molar-refractivity contribution is 7.88. The predicted molar refractivity (Wildman–Crippen MR) is 88.7 cm³/mol. The van der Waals surface area contributed by atoms with E-state index in [1.807, 2.05) is 0 Å². The van der Waals surface area contributed by atoms with Gasteiger partial charge in [-0.2, -0.15) is 4.31 Å². The second kappa shape index (κ2) is 8.65. The van der Waals surface area contributed by atoms with Gasteiger partial charge in [0.1, 0.15) is 0 Å². The number of nitrogens with one attached hydrogen (secondary N) is 1. The molecule has 1 aliphatic heterocycles. The number of hydrogen-bond acceptors (Lipinski definition) is 5. The van der Waals surface area contributed by atoms with Crippen LogP contribution in [-0.4, -0.2) is 75.7 Å². The summed E-state index contributed by atoms with van der Waals surface area (Å²) in [6.45, 7) is 2.84. The van der Waals surface area contributed by atoms with Gasteiger partial charge in [0.15, 0.2) is 11.6 Å². The second-order valence-corrected chi connectivity index (χ2v) is 7.71. The third-order valence-electron chi connectivity index (χ3n) is 3.76. The van der Waals surface area contributed by atoms with E-state index in [2.05, 4.69) is 10.2 Å². The molecule has 0 bridgehead atoms. The predicted octanol–water partition coefficient (Wildman–Crippen LogP) is 0.497. The summed E-state index contributed by atoms with van der Waals surface area (Å²) in [5.41, 5.74) is 0.0607. The number of carbonyl (C=O) groups excluding carboxylic acids is 1. The molecule has 1 saturated heterocycles. The summed E-state index contributed by atoms with van der Waals surface area (Å²) >= 11 is 0. The Morgan fingerprint density at radius 1 is 1.28 bits per heavy atom. The average molecular weight is 377 g/mol. The molecule has 1 aromatic carbocycles. The Balaban J connectivity index is 1.93. The van der Waals surface area contributed by atoms with Gasteiger partial charge in [-0.15, -0.1) is 0 Å². The fourth-order valence-corrected chi connectivity index (χ4v) is 3.14. The standard InChI is InChI=1S/C15H21F2N3O4S/c1-25(22,23)20(5-4-19-6-8-24-9-7-19)11-15(21)18-12-2-3-13(16)14(17)10-12/h2-3,10H,4-9,11H2,1H3,(H,18,21). The number of morpholine rings is 1. The van der Waals surface area contributed by atoms with Crippen LogP contribution in [0.1, 0.15) is 0 Å². The number of anilines is 1. The number of hydrogen-bond donors (Lipinski definition) is 1. The maximum Gasteiger partial charge on any atom is 0.239 e. The Morgan fingerprint density at radius 3 is 2.56 bits per heavy atom. The highest BCUT2D eigenvalue weighted by Crippen LogP contribution is 2.13. The average Bonchev–Trinajstić information content (AvgIpc) is 2.55. The van der Waals surface area contributed by atoms with E-state index in [1.165, 1.54) is 6.07 Å². The lowest BCUT2D eigenvalue weighted by Gasteiger charge is -2.29. The van der Waals surface area contributed by atoms with Crippen molar-refractivity contribution in [3.05, 3.63) is 29.8 Å². The summed E-state index contributed by atoms with van der Waals surface area (Å²) in [5.74, 6) is -2.75. The van der Waals surface area contributed by atoms with Crippen LogP contribution in [0.4, 0.5) is 14.5 Å². The van der Waals surface area contributed by atoms with Crippen LogP contribution in [0.25, 0.3) is 0 Å². The summed E-state index contributed by atoms with van der Waals surface area (Å²) in [6, 6.07) is 2.93. The summed E-state index contributed by atoms with van der Waals surface area (Å²) in [6.07, 6.45) is 1.02. The molecule has 1 heterocycles. The Hall–Kier alpha value is -1.62. The molecule has 7 nitrogen and oxygen atoms in total. The summed E-state index contributed by atoms with van der Waals surface area (Å²) in [4.78, 5) is 14.1. The van der Waals surface area contributed by atoms with Gasteiger partial charge in [-0.25, -0.2) is 17.2 Å². The van der Waals surface area contributed by atoms with E-state index in [-0.39, 0.29) is 12.2 Å². The molecule has 0 saturated carbocycles. The second-order valence-electron chi connectivity index (χ2n) is 5.73. The number of halogens is 2. The van der Waals surface area contributed by atoms with Crippen LogP contribution in [0.5, 0.6) is 0 Å². The molecule has 1 fully saturated rings. The van der Waals surface area contributed by atoms with E-state index in [9.17, 15) is 22.0 Å². The smallest absolute Gasteiger partial charge is 0.239 e. The molecule has 1 aliphatic rings. The zero-order valence-electron chi connectivity index (χ0n) is 13.9. The molecule has 25 heavy (non-hydrogen) atoms. The van der Waals surface area contributed by atoms with Crippen LogP contribution >= 0.6 is 0 Å². The summed E-state index contributed by atoms with van der Waals surface area (Å²) in [7, 11) is -3.59. The van der Waals surface area contributed by atoms with Crippen LogP contribution < -0.4 is 5.32 Å². The topological polar surface area (TPSA) is 79.0 Å². The maximum absolute atomic E-state index is 13.2. The van der Waals surface area contributed by atoms with E-state index in [4.69, 9.17) is 4.74 Å². The SMILES string of the molecule is CS(=O)(=O)N(CCN1CCOCC1)CC(=O)Nc1ccc(F)c(F)c1. The van der Waals surface area contributed by atoms with Gasteiger partial charge in [-0.1, -0.05) is 0 Å². The van der Waals surface area contributed by atoms with Gasteiger partial charge in [0.2, 0.25) is 15.9 Å². The number of ether oxygens (including phenoxy) is 1. The number of sulfonamides is 1. The van der Waals surface area contributed by atoms with Crippen molar-refractivity contribution in [3.63, 3.8) is 0 Å². The van der Waals surface area contributed by atoms with E-state index in [0.717, 1.165) is 22.7 Å². The minimum Gasteiger partial charge on any atom is -0.379 e. The number of rotatable bonds is 7. The third kappa shape index (κ3) is 6.31. The van der Waals surface area contributed by atoms with E-state index < -0.39 is 34.1 Å². The fourth-order valence-electron chi connectivity index (χ4n) is 2.37. The minimum atomic E-state index is -3.59. The number of carbonyl (C=O) groups is 1. The Labute approximate surface area is 145 Å². The van der Waals surface area contributed by atoms with E-state index in [1.54, 1.807) is 0 Å². The molecule has 0 aromatic heterocycles. The lowest BCUT2D eigenvalue weighted by atomic mass is 10.3. The summed E-state index contributed by atoms with van der Waals surface area (Å²) in [5, 5.41) is 2.37. The van der Waals surface area contributed by atoms with Crippen molar-refractivity contribution in [1.82, 2.24) is 9.21 Å². The molecule has 0 radical (unpaired) electrons. The number of amides is 1. The van der Waals surface area contributed by atoms with Crippen molar-refractivity contribution < 1.29 is 26.7 Å². The van der Waals surface area contributed by atoms with Crippen molar-refractivity contribution in [2.45, 2.75) is 0 Å². The zero-order chi connectivity index (χ0) is 18.4. The monoisotopic (exact) mass is 377 g/mol. The van der Waals surface area contributed by atoms with Crippen molar-refractivity contribution in [1.29, 1.82) is 0 Å². The first-order chi connectivity index (χ1) is 11.8. The van der Waals surface area contributed by atoms with Gasteiger partial charge in [0, 0.05) is 37.9 Å². The van der Waals surface area contributed by atoms with E-state index >= 15 is 0 Å². The van der Waals surface area contributed by atoms with Crippen molar-refractivity contribution in [2.24, 2.45) is 0 Å². The van der Waals surface area contributed by atoms with Crippen LogP contribution in [0, 0.1) is 11.6 Å². The first kappa shape index (κ1) is 19.7. The van der Waals surface area contributed by atoms with Gasteiger partial charge < -0.3 is 10.1 Å². The molecular formula is C15H21F2N3O4S. The van der Waals surface area contributed by atoms with Crippen LogP contribution in [0.3, 0.4) is 0 Å². The van der Waals surface area contributed by atoms with E-state index in [0.29, 0.717) is 32.8 Å². The van der Waals surface area contributed by atoms with Gasteiger partial charge in [0.25, 0.3) is 0 Å². The number of nitrogens with zero attached hydrogens (tertiary/aromatic N) is 2. The normalized spacial score (nSPS) is 16.2. The molecule has 0 unspecified atom stereocenters. The molecular weight excluding hydrogens is 356 g/mol. The lowest BCUT2D eigenvalue weighted by molar-refractivity contribution is -0.116. The third-order valence-corrected chi connectivity index (χ3v) is 5.01. The molecule has 140 valence electrons. The lowest BCUT2D eigenvalue weighted by Crippen LogP contribution is -2.45. The molecule has 0 aliphatic carbocycles. The van der Waals surface area contributed by atoms with Crippen LogP contribution in [0.2, 0.25) is 0 Å². The van der Waals surface area contributed by atoms with Crippen LogP contribution in [0.15, 0.2) is 18.2 Å². The first-order valence-electron chi connectivity index (χ1n) is 7.76. The highest BCUT2D eigenvalue weighted by Gasteiger charge is 2.22. The summed E-state index contributed by atoms with van der Waals surface area (Å²) < 4.78 is 56.1. The maximum atomic E-state index is 13.2. The van der Waals surface area contributed by atoms with Gasteiger partial charge in [-0.05, 0) is 12.1 Å². The fraction of sp³-hybridized carbons (Fsp3) is 0.533. The number of benzene rings is 1. The Morgan fingerprint density at radius 2 is 1.96 bits per heavy atom. The molecule has 2 rings (SSSR count). The van der Waals surface area contributed by atoms with Crippen LogP contribution in [-0.2, 0) is 19.6 Å².